The summed E-state index contributed by atoms with van der Waals surface area (Å²) in [7, 11) is -3.92. The fraction of sp³-hybridized carbons (Fsp3) is 0.500. The number of carbonyl (C=O) groups is 1. The minimum atomic E-state index is -3.92. The molecule has 0 spiro atoms. The normalized spacial score (nSPS) is 24.8. The zero-order valence-electron chi connectivity index (χ0n) is 12.5. The van der Waals surface area contributed by atoms with Crippen molar-refractivity contribution in [1.29, 1.82) is 0 Å². The van der Waals surface area contributed by atoms with E-state index in [0.717, 1.165) is 0 Å². The lowest BCUT2D eigenvalue weighted by molar-refractivity contribution is -0.139. The Labute approximate surface area is 130 Å². The number of nitrogens with zero attached hydrogens (tertiary/aromatic N) is 1. The second-order valence-electron chi connectivity index (χ2n) is 5.38. The van der Waals surface area contributed by atoms with Crippen molar-refractivity contribution < 1.29 is 23.1 Å². The first-order valence-electron chi connectivity index (χ1n) is 7.00. The third-order valence-corrected chi connectivity index (χ3v) is 4.88. The molecule has 0 aromatic heterocycles. The molecule has 1 aliphatic heterocycles. The summed E-state index contributed by atoms with van der Waals surface area (Å²) >= 11 is 0. The minimum absolute atomic E-state index is 0.195. The van der Waals surface area contributed by atoms with Crippen molar-refractivity contribution in [1.82, 2.24) is 9.03 Å². The Kier molecular flexibility index (Phi) is 5.17. The molecule has 2 unspecified atom stereocenters. The lowest BCUT2D eigenvalue weighted by atomic mass is 10.1. The maximum Gasteiger partial charge on any atom is 0.326 e. The van der Waals surface area contributed by atoms with Crippen LogP contribution in [0.15, 0.2) is 30.3 Å². The van der Waals surface area contributed by atoms with Gasteiger partial charge in [0.1, 0.15) is 6.04 Å². The van der Waals surface area contributed by atoms with E-state index < -0.39 is 22.2 Å². The number of nitrogens with one attached hydrogen (secondary N) is 1. The standard InChI is InChI=1S/C14H20N2O5S/c1-10-8-16(9-11(2)21-10)22(19,20)15-13(14(17)18)12-6-4-3-5-7-12/h3-7,10-11,13,15H,8-9H2,1-2H3,(H,17,18)/t10?,11?,13-/m1/s1. The van der Waals surface area contributed by atoms with Crippen LogP contribution < -0.4 is 4.72 Å². The third-order valence-electron chi connectivity index (χ3n) is 3.37. The van der Waals surface area contributed by atoms with Gasteiger partial charge in [-0.2, -0.15) is 17.4 Å². The number of rotatable bonds is 5. The molecule has 1 heterocycles. The number of carboxylic acid groups (broad SMARTS) is 1. The molecule has 3 atom stereocenters. The van der Waals surface area contributed by atoms with Crippen LogP contribution in [-0.4, -0.2) is 49.1 Å². The van der Waals surface area contributed by atoms with Gasteiger partial charge in [0, 0.05) is 13.1 Å². The summed E-state index contributed by atoms with van der Waals surface area (Å²) in [5.41, 5.74) is 0.382. The fourth-order valence-electron chi connectivity index (χ4n) is 2.46. The molecular formula is C14H20N2O5S. The number of hydrogen-bond donors (Lipinski definition) is 2. The Morgan fingerprint density at radius 3 is 2.32 bits per heavy atom. The van der Waals surface area contributed by atoms with Gasteiger partial charge in [0.25, 0.3) is 10.2 Å². The van der Waals surface area contributed by atoms with Crippen molar-refractivity contribution in [3.8, 4) is 0 Å². The molecule has 0 aliphatic carbocycles. The maximum absolute atomic E-state index is 12.5. The van der Waals surface area contributed by atoms with Gasteiger partial charge in [0.15, 0.2) is 0 Å². The molecule has 8 heteroatoms. The molecular weight excluding hydrogens is 308 g/mol. The van der Waals surface area contributed by atoms with Gasteiger partial charge >= 0.3 is 5.97 Å². The highest BCUT2D eigenvalue weighted by atomic mass is 32.2. The lowest BCUT2D eigenvalue weighted by Crippen LogP contribution is -2.53. The van der Waals surface area contributed by atoms with Crippen LogP contribution in [0.1, 0.15) is 25.5 Å². The zero-order valence-corrected chi connectivity index (χ0v) is 13.3. The van der Waals surface area contributed by atoms with E-state index in [4.69, 9.17) is 4.74 Å². The van der Waals surface area contributed by atoms with Crippen LogP contribution in [0.2, 0.25) is 0 Å². The Balaban J connectivity index is 2.20. The number of ether oxygens (including phenoxy) is 1. The summed E-state index contributed by atoms with van der Waals surface area (Å²) in [5.74, 6) is -1.25. The Morgan fingerprint density at radius 1 is 1.27 bits per heavy atom. The Morgan fingerprint density at radius 2 is 1.82 bits per heavy atom. The SMILES string of the molecule is CC1CN(S(=O)(=O)N[C@@H](C(=O)O)c2ccccc2)CC(C)O1. The van der Waals surface area contributed by atoms with E-state index in [-0.39, 0.29) is 25.3 Å². The number of aliphatic carboxylic acids is 1. The molecule has 1 aromatic rings. The van der Waals surface area contributed by atoms with Crippen LogP contribution in [-0.2, 0) is 19.7 Å². The zero-order chi connectivity index (χ0) is 16.3. The number of benzene rings is 1. The number of hydrogen-bond acceptors (Lipinski definition) is 4. The van der Waals surface area contributed by atoms with Crippen molar-refractivity contribution in [2.24, 2.45) is 0 Å². The number of carboxylic acids is 1. The molecule has 0 amide bonds. The fourth-order valence-corrected chi connectivity index (χ4v) is 3.95. The van der Waals surface area contributed by atoms with Gasteiger partial charge in [0.05, 0.1) is 12.2 Å². The van der Waals surface area contributed by atoms with Crippen LogP contribution in [0.5, 0.6) is 0 Å². The maximum atomic E-state index is 12.5. The van der Waals surface area contributed by atoms with Gasteiger partial charge < -0.3 is 9.84 Å². The van der Waals surface area contributed by atoms with Crippen LogP contribution >= 0.6 is 0 Å². The van der Waals surface area contributed by atoms with E-state index in [0.29, 0.717) is 5.56 Å². The quantitative estimate of drug-likeness (QED) is 0.832. The molecule has 1 aliphatic rings. The van der Waals surface area contributed by atoms with Gasteiger partial charge in [-0.1, -0.05) is 30.3 Å². The van der Waals surface area contributed by atoms with E-state index in [2.05, 4.69) is 4.72 Å². The van der Waals surface area contributed by atoms with Crippen LogP contribution in [0.25, 0.3) is 0 Å². The van der Waals surface area contributed by atoms with Gasteiger partial charge in [-0.15, -0.1) is 0 Å². The predicted molar refractivity (Wildman–Crippen MR) is 80.5 cm³/mol. The molecule has 1 aromatic carbocycles. The van der Waals surface area contributed by atoms with Crippen molar-refractivity contribution in [3.63, 3.8) is 0 Å². The molecule has 2 rings (SSSR count). The van der Waals surface area contributed by atoms with Crippen LogP contribution in [0.3, 0.4) is 0 Å². The topological polar surface area (TPSA) is 95.9 Å². The van der Waals surface area contributed by atoms with Crippen molar-refractivity contribution in [2.45, 2.75) is 32.1 Å². The van der Waals surface area contributed by atoms with Crippen LogP contribution in [0.4, 0.5) is 0 Å². The first kappa shape index (κ1) is 16.9. The minimum Gasteiger partial charge on any atom is -0.480 e. The van der Waals surface area contributed by atoms with Gasteiger partial charge in [-0.3, -0.25) is 4.79 Å². The highest BCUT2D eigenvalue weighted by molar-refractivity contribution is 7.87. The summed E-state index contributed by atoms with van der Waals surface area (Å²) in [4.78, 5) is 11.4. The molecule has 22 heavy (non-hydrogen) atoms. The monoisotopic (exact) mass is 328 g/mol. The molecule has 0 saturated carbocycles. The van der Waals surface area contributed by atoms with E-state index in [9.17, 15) is 18.3 Å². The highest BCUT2D eigenvalue weighted by Crippen LogP contribution is 2.18. The van der Waals surface area contributed by atoms with E-state index in [1.54, 1.807) is 44.2 Å². The lowest BCUT2D eigenvalue weighted by Gasteiger charge is -2.34. The molecule has 7 nitrogen and oxygen atoms in total. The van der Waals surface area contributed by atoms with Gasteiger partial charge in [0.2, 0.25) is 0 Å². The molecule has 0 bridgehead atoms. The Hall–Kier alpha value is -1.48. The van der Waals surface area contributed by atoms with E-state index >= 15 is 0 Å². The van der Waals surface area contributed by atoms with Crippen molar-refractivity contribution in [3.05, 3.63) is 35.9 Å². The number of morpholine rings is 1. The van der Waals surface area contributed by atoms with Crippen molar-refractivity contribution in [2.75, 3.05) is 13.1 Å². The van der Waals surface area contributed by atoms with E-state index in [1.807, 2.05) is 0 Å². The first-order chi connectivity index (χ1) is 10.3. The molecule has 122 valence electrons. The largest absolute Gasteiger partial charge is 0.480 e. The predicted octanol–water partition coefficient (Wildman–Crippen LogP) is 0.756. The summed E-state index contributed by atoms with van der Waals surface area (Å²) < 4.78 is 33.9. The molecule has 0 radical (unpaired) electrons. The second-order valence-corrected chi connectivity index (χ2v) is 7.08. The average Bonchev–Trinajstić information content (AvgIpc) is 2.44. The first-order valence-corrected chi connectivity index (χ1v) is 8.44. The van der Waals surface area contributed by atoms with Crippen molar-refractivity contribution >= 4 is 16.2 Å². The highest BCUT2D eigenvalue weighted by Gasteiger charge is 2.34. The molecule has 1 fully saturated rings. The summed E-state index contributed by atoms with van der Waals surface area (Å²) in [6.45, 7) is 3.95. The van der Waals surface area contributed by atoms with Gasteiger partial charge in [-0.25, -0.2) is 0 Å². The van der Waals surface area contributed by atoms with Gasteiger partial charge in [-0.05, 0) is 19.4 Å². The van der Waals surface area contributed by atoms with E-state index in [1.165, 1.54) is 4.31 Å². The third kappa shape index (κ3) is 4.04. The summed E-state index contributed by atoms with van der Waals surface area (Å²) in [6.07, 6.45) is -0.472. The molecule has 1 saturated heterocycles. The average molecular weight is 328 g/mol. The molecule has 2 N–H and O–H groups in total. The van der Waals surface area contributed by atoms with Crippen LogP contribution in [0, 0.1) is 0 Å². The Bertz CT molecular complexity index is 609. The second kappa shape index (κ2) is 6.74. The smallest absolute Gasteiger partial charge is 0.326 e. The summed E-state index contributed by atoms with van der Waals surface area (Å²) in [6, 6.07) is 6.90. The summed E-state index contributed by atoms with van der Waals surface area (Å²) in [5, 5.41) is 9.32.